The molecule has 1 aromatic heterocycles. The molecular weight excluding hydrogens is 246 g/mol. The molecule has 0 radical (unpaired) electrons. The lowest BCUT2D eigenvalue weighted by molar-refractivity contribution is -0.125. The fourth-order valence-electron chi connectivity index (χ4n) is 2.46. The molecule has 0 atom stereocenters. The van der Waals surface area contributed by atoms with E-state index < -0.39 is 0 Å². The molecule has 0 spiro atoms. The molecule has 0 unspecified atom stereocenters. The zero-order valence-corrected chi connectivity index (χ0v) is 10.9. The van der Waals surface area contributed by atoms with Crippen LogP contribution in [0, 0.1) is 0 Å². The van der Waals surface area contributed by atoms with E-state index in [2.05, 4.69) is 25.1 Å². The minimum Gasteiger partial charge on any atom is -0.481 e. The molecule has 2 saturated heterocycles. The van der Waals surface area contributed by atoms with Gasteiger partial charge in [-0.05, 0) is 0 Å². The first-order chi connectivity index (χ1) is 9.26. The number of amides is 1. The molecule has 7 heteroatoms. The van der Waals surface area contributed by atoms with E-state index in [0.717, 1.165) is 32.0 Å². The Morgan fingerprint density at radius 1 is 1.42 bits per heavy atom. The zero-order chi connectivity index (χ0) is 13.2. The molecule has 3 heterocycles. The number of ether oxygens (including phenoxy) is 1. The standard InChI is InChI=1S/C12H17N5O2/c1-19-12-4-10(14-8-15-12)17-5-9(6-17)16-3-2-13-11(18)7-16/h4,8-9H,2-3,5-7H2,1H3,(H,13,18). The third-order valence-corrected chi connectivity index (χ3v) is 3.61. The second-order valence-corrected chi connectivity index (χ2v) is 4.80. The lowest BCUT2D eigenvalue weighted by atomic mass is 10.1. The highest BCUT2D eigenvalue weighted by Gasteiger charge is 2.34. The van der Waals surface area contributed by atoms with E-state index in [4.69, 9.17) is 4.74 Å². The molecule has 0 aliphatic carbocycles. The summed E-state index contributed by atoms with van der Waals surface area (Å²) in [7, 11) is 1.59. The van der Waals surface area contributed by atoms with Crippen molar-refractivity contribution in [1.29, 1.82) is 0 Å². The molecule has 102 valence electrons. The third-order valence-electron chi connectivity index (χ3n) is 3.61. The number of methoxy groups -OCH3 is 1. The van der Waals surface area contributed by atoms with E-state index in [1.165, 1.54) is 6.33 Å². The van der Waals surface area contributed by atoms with Gasteiger partial charge in [-0.15, -0.1) is 0 Å². The summed E-state index contributed by atoms with van der Waals surface area (Å²) in [5.41, 5.74) is 0. The minimum absolute atomic E-state index is 0.119. The summed E-state index contributed by atoms with van der Waals surface area (Å²) in [5.74, 6) is 1.57. The molecule has 0 saturated carbocycles. The van der Waals surface area contributed by atoms with Gasteiger partial charge in [0, 0.05) is 38.3 Å². The van der Waals surface area contributed by atoms with Crippen LogP contribution in [0.3, 0.4) is 0 Å². The molecule has 2 aliphatic heterocycles. The Balaban J connectivity index is 1.58. The van der Waals surface area contributed by atoms with Crippen LogP contribution in [0.5, 0.6) is 5.88 Å². The van der Waals surface area contributed by atoms with Crippen molar-refractivity contribution in [2.24, 2.45) is 0 Å². The van der Waals surface area contributed by atoms with Gasteiger partial charge in [0.15, 0.2) is 0 Å². The van der Waals surface area contributed by atoms with E-state index in [-0.39, 0.29) is 5.91 Å². The number of hydrogen-bond donors (Lipinski definition) is 1. The first kappa shape index (κ1) is 12.2. The van der Waals surface area contributed by atoms with E-state index in [1.807, 2.05) is 6.07 Å². The van der Waals surface area contributed by atoms with Crippen molar-refractivity contribution in [1.82, 2.24) is 20.2 Å². The summed E-state index contributed by atoms with van der Waals surface area (Å²) in [6, 6.07) is 2.27. The predicted octanol–water partition coefficient (Wildman–Crippen LogP) is -0.894. The average Bonchev–Trinajstić information content (AvgIpc) is 2.37. The van der Waals surface area contributed by atoms with Gasteiger partial charge in [0.2, 0.25) is 11.8 Å². The molecule has 1 amide bonds. The minimum atomic E-state index is 0.119. The van der Waals surface area contributed by atoms with Crippen LogP contribution in [0.25, 0.3) is 0 Å². The third kappa shape index (κ3) is 2.46. The van der Waals surface area contributed by atoms with E-state index in [9.17, 15) is 4.79 Å². The van der Waals surface area contributed by atoms with E-state index in [0.29, 0.717) is 18.5 Å². The molecule has 2 aliphatic rings. The molecule has 0 aromatic carbocycles. The van der Waals surface area contributed by atoms with Crippen LogP contribution in [0.15, 0.2) is 12.4 Å². The summed E-state index contributed by atoms with van der Waals surface area (Å²) in [6.45, 7) is 3.97. The van der Waals surface area contributed by atoms with Crippen LogP contribution in [0.1, 0.15) is 0 Å². The van der Waals surface area contributed by atoms with E-state index >= 15 is 0 Å². The van der Waals surface area contributed by atoms with Crippen molar-refractivity contribution in [3.8, 4) is 5.88 Å². The monoisotopic (exact) mass is 263 g/mol. The van der Waals surface area contributed by atoms with Gasteiger partial charge >= 0.3 is 0 Å². The number of nitrogens with one attached hydrogen (secondary N) is 1. The highest BCUT2D eigenvalue weighted by molar-refractivity contribution is 5.78. The first-order valence-corrected chi connectivity index (χ1v) is 6.38. The molecule has 19 heavy (non-hydrogen) atoms. The molecule has 7 nitrogen and oxygen atoms in total. The van der Waals surface area contributed by atoms with Crippen LogP contribution in [0.4, 0.5) is 5.82 Å². The number of aromatic nitrogens is 2. The normalized spacial score (nSPS) is 20.9. The average molecular weight is 263 g/mol. The predicted molar refractivity (Wildman–Crippen MR) is 69.2 cm³/mol. The molecule has 1 aromatic rings. The smallest absolute Gasteiger partial charge is 0.234 e. The van der Waals surface area contributed by atoms with Gasteiger partial charge in [0.1, 0.15) is 12.1 Å². The maximum absolute atomic E-state index is 11.3. The highest BCUT2D eigenvalue weighted by Crippen LogP contribution is 2.23. The maximum atomic E-state index is 11.3. The fourth-order valence-corrected chi connectivity index (χ4v) is 2.46. The SMILES string of the molecule is COc1cc(N2CC(N3CCNC(=O)C3)C2)ncn1. The molecular formula is C12H17N5O2. The van der Waals surface area contributed by atoms with Gasteiger partial charge in [0.05, 0.1) is 13.7 Å². The topological polar surface area (TPSA) is 70.6 Å². The van der Waals surface area contributed by atoms with Crippen LogP contribution < -0.4 is 15.0 Å². The Morgan fingerprint density at radius 3 is 3.00 bits per heavy atom. The summed E-state index contributed by atoms with van der Waals surface area (Å²) in [6.07, 6.45) is 1.51. The molecule has 2 fully saturated rings. The van der Waals surface area contributed by atoms with E-state index in [1.54, 1.807) is 7.11 Å². The number of nitrogens with zero attached hydrogens (tertiary/aromatic N) is 4. The molecule has 1 N–H and O–H groups in total. The first-order valence-electron chi connectivity index (χ1n) is 6.38. The van der Waals surface area contributed by atoms with Crippen LogP contribution in [-0.4, -0.2) is 66.7 Å². The lowest BCUT2D eigenvalue weighted by Gasteiger charge is -2.46. The van der Waals surface area contributed by atoms with Crippen molar-refractivity contribution in [3.63, 3.8) is 0 Å². The Bertz CT molecular complexity index is 475. The summed E-state index contributed by atoms with van der Waals surface area (Å²) in [5, 5.41) is 2.84. The Labute approximate surface area is 111 Å². The number of hydrogen-bond acceptors (Lipinski definition) is 6. The highest BCUT2D eigenvalue weighted by atomic mass is 16.5. The van der Waals surface area contributed by atoms with Gasteiger partial charge in [-0.3, -0.25) is 9.69 Å². The molecule has 0 bridgehead atoms. The van der Waals surface area contributed by atoms with Crippen molar-refractivity contribution in [2.75, 3.05) is 44.7 Å². The summed E-state index contributed by atoms with van der Waals surface area (Å²) < 4.78 is 5.09. The van der Waals surface area contributed by atoms with Crippen molar-refractivity contribution >= 4 is 11.7 Å². The fraction of sp³-hybridized carbons (Fsp3) is 0.583. The van der Waals surface area contributed by atoms with Crippen LogP contribution >= 0.6 is 0 Å². The molecule has 3 rings (SSSR count). The van der Waals surface area contributed by atoms with Gasteiger partial charge < -0.3 is 15.0 Å². The lowest BCUT2D eigenvalue weighted by Crippen LogP contribution is -2.64. The number of carbonyl (C=O) groups is 1. The summed E-state index contributed by atoms with van der Waals surface area (Å²) in [4.78, 5) is 24.0. The number of piperazine rings is 1. The Hall–Kier alpha value is -1.89. The van der Waals surface area contributed by atoms with Gasteiger partial charge in [-0.1, -0.05) is 0 Å². The quantitative estimate of drug-likeness (QED) is 0.762. The number of carbonyl (C=O) groups excluding carboxylic acids is 1. The van der Waals surface area contributed by atoms with Gasteiger partial charge in [0.25, 0.3) is 0 Å². The van der Waals surface area contributed by atoms with Crippen molar-refractivity contribution < 1.29 is 9.53 Å². The second-order valence-electron chi connectivity index (χ2n) is 4.80. The Morgan fingerprint density at radius 2 is 2.26 bits per heavy atom. The van der Waals surface area contributed by atoms with Crippen LogP contribution in [-0.2, 0) is 4.79 Å². The second kappa shape index (κ2) is 5.00. The van der Waals surface area contributed by atoms with Crippen LogP contribution in [0.2, 0.25) is 0 Å². The number of anilines is 1. The van der Waals surface area contributed by atoms with Crippen molar-refractivity contribution in [3.05, 3.63) is 12.4 Å². The van der Waals surface area contributed by atoms with Gasteiger partial charge in [-0.2, -0.15) is 0 Å². The Kier molecular flexibility index (Phi) is 3.20. The zero-order valence-electron chi connectivity index (χ0n) is 10.9. The maximum Gasteiger partial charge on any atom is 0.234 e. The number of rotatable bonds is 3. The largest absolute Gasteiger partial charge is 0.481 e. The summed E-state index contributed by atoms with van der Waals surface area (Å²) >= 11 is 0. The van der Waals surface area contributed by atoms with Crippen molar-refractivity contribution in [2.45, 2.75) is 6.04 Å². The van der Waals surface area contributed by atoms with Gasteiger partial charge in [-0.25, -0.2) is 9.97 Å².